The van der Waals surface area contributed by atoms with Crippen molar-refractivity contribution >= 4 is 26.5 Å². The van der Waals surface area contributed by atoms with Gasteiger partial charge in [0.1, 0.15) is 17.8 Å². The molecular weight excluding hydrogens is 224 g/mol. The van der Waals surface area contributed by atoms with Crippen molar-refractivity contribution in [1.29, 1.82) is 0 Å². The number of carbonyl (C=O) groups is 1. The van der Waals surface area contributed by atoms with Gasteiger partial charge < -0.3 is 4.79 Å². The minimum atomic E-state index is -4.24. The lowest BCUT2D eigenvalue weighted by atomic mass is 10.9. The lowest BCUT2D eigenvalue weighted by molar-refractivity contribution is -0.105. The van der Waals surface area contributed by atoms with Crippen LogP contribution < -0.4 is 0 Å². The van der Waals surface area contributed by atoms with Crippen molar-refractivity contribution in [3.8, 4) is 0 Å². The molecule has 0 heterocycles. The Kier molecular flexibility index (Phi) is 4.47. The molecule has 1 N–H and O–H groups in total. The zero-order chi connectivity index (χ0) is 10.5. The van der Waals surface area contributed by atoms with E-state index in [-0.39, 0.29) is 6.29 Å². The summed E-state index contributed by atoms with van der Waals surface area (Å²) >= 11 is 0. The highest BCUT2D eigenvalue weighted by molar-refractivity contribution is 7.87. The molecule has 0 bridgehead atoms. The standard InChI is InChI=1S/C4H8O7S2/c5-1-3-13(9,10)11-2-4-12(6,7)8/h1H,2-4H2,(H,6,7,8). The second-order valence-corrected chi connectivity index (χ2v) is 5.26. The maximum absolute atomic E-state index is 10.6. The van der Waals surface area contributed by atoms with Gasteiger partial charge in [-0.25, -0.2) is 0 Å². The summed E-state index contributed by atoms with van der Waals surface area (Å²) in [4.78, 5) is 9.75. The van der Waals surface area contributed by atoms with Crippen LogP contribution in [0.1, 0.15) is 0 Å². The van der Waals surface area contributed by atoms with Gasteiger partial charge in [-0.15, -0.1) is 0 Å². The fraction of sp³-hybridized carbons (Fsp3) is 0.750. The Bertz CT molecular complexity index is 350. The Labute approximate surface area is 75.6 Å². The van der Waals surface area contributed by atoms with E-state index in [0.717, 1.165) is 0 Å². The first kappa shape index (κ1) is 12.5. The van der Waals surface area contributed by atoms with Crippen LogP contribution in [0.25, 0.3) is 0 Å². The number of rotatable bonds is 6. The fourth-order valence-electron chi connectivity index (χ4n) is 0.398. The summed E-state index contributed by atoms with van der Waals surface area (Å²) in [5.74, 6) is -1.66. The van der Waals surface area contributed by atoms with Crippen molar-refractivity contribution in [3.63, 3.8) is 0 Å². The van der Waals surface area contributed by atoms with Gasteiger partial charge in [-0.05, 0) is 0 Å². The molecule has 0 atom stereocenters. The third-order valence-electron chi connectivity index (χ3n) is 0.876. The molecule has 0 rings (SSSR count). The highest BCUT2D eigenvalue weighted by Gasteiger charge is 2.12. The summed E-state index contributed by atoms with van der Waals surface area (Å²) in [6.45, 7) is -0.699. The molecule has 0 spiro atoms. The summed E-state index contributed by atoms with van der Waals surface area (Å²) in [7, 11) is -8.24. The van der Waals surface area contributed by atoms with Gasteiger partial charge in [0.05, 0.1) is 6.61 Å². The molecule has 0 amide bonds. The van der Waals surface area contributed by atoms with E-state index in [0.29, 0.717) is 0 Å². The zero-order valence-corrected chi connectivity index (χ0v) is 8.04. The van der Waals surface area contributed by atoms with Crippen molar-refractivity contribution < 1.29 is 30.4 Å². The van der Waals surface area contributed by atoms with E-state index >= 15 is 0 Å². The molecule has 0 radical (unpaired) electrons. The van der Waals surface area contributed by atoms with Gasteiger partial charge in [-0.1, -0.05) is 0 Å². The Morgan fingerprint density at radius 3 is 2.15 bits per heavy atom. The predicted octanol–water partition coefficient (Wildman–Crippen LogP) is -1.58. The van der Waals surface area contributed by atoms with Gasteiger partial charge in [0.15, 0.2) is 0 Å². The largest absolute Gasteiger partial charge is 0.302 e. The smallest absolute Gasteiger partial charge is 0.274 e. The fourth-order valence-corrected chi connectivity index (χ4v) is 1.40. The minimum absolute atomic E-state index is 0.114. The molecule has 9 heteroatoms. The maximum atomic E-state index is 10.6. The van der Waals surface area contributed by atoms with Crippen molar-refractivity contribution in [2.75, 3.05) is 18.1 Å². The molecule has 0 aromatic rings. The first-order chi connectivity index (χ1) is 5.77. The molecule has 0 aliphatic carbocycles. The zero-order valence-electron chi connectivity index (χ0n) is 6.41. The van der Waals surface area contributed by atoms with Crippen molar-refractivity contribution in [2.24, 2.45) is 0 Å². The monoisotopic (exact) mass is 232 g/mol. The Hall–Kier alpha value is -0.510. The van der Waals surface area contributed by atoms with Crippen molar-refractivity contribution in [1.82, 2.24) is 0 Å². The van der Waals surface area contributed by atoms with Crippen LogP contribution in [0, 0.1) is 0 Å². The van der Waals surface area contributed by atoms with Crippen molar-refractivity contribution in [2.45, 2.75) is 0 Å². The van der Waals surface area contributed by atoms with Gasteiger partial charge in [-0.2, -0.15) is 16.8 Å². The Morgan fingerprint density at radius 1 is 1.23 bits per heavy atom. The van der Waals surface area contributed by atoms with Crippen LogP contribution >= 0.6 is 0 Å². The summed E-state index contributed by atoms with van der Waals surface area (Å²) in [6.07, 6.45) is 0.114. The molecule has 78 valence electrons. The molecule has 0 aliphatic heterocycles. The quantitative estimate of drug-likeness (QED) is 0.334. The molecule has 0 saturated carbocycles. The van der Waals surface area contributed by atoms with Crippen LogP contribution in [0.2, 0.25) is 0 Å². The average Bonchev–Trinajstić information content (AvgIpc) is 1.82. The molecule has 0 aromatic heterocycles. The first-order valence-corrected chi connectivity index (χ1v) is 6.21. The number of hydrogen-bond donors (Lipinski definition) is 1. The summed E-state index contributed by atoms with van der Waals surface area (Å²) in [6, 6.07) is 0. The molecular formula is C4H8O7S2. The molecule has 0 saturated heterocycles. The summed E-state index contributed by atoms with van der Waals surface area (Å²) in [5.41, 5.74) is 0. The van der Waals surface area contributed by atoms with Gasteiger partial charge in [0.25, 0.3) is 20.2 Å². The van der Waals surface area contributed by atoms with Crippen LogP contribution in [0.5, 0.6) is 0 Å². The average molecular weight is 232 g/mol. The predicted molar refractivity (Wildman–Crippen MR) is 42.2 cm³/mol. The van der Waals surface area contributed by atoms with Gasteiger partial charge in [0.2, 0.25) is 0 Å². The molecule has 0 fully saturated rings. The molecule has 0 unspecified atom stereocenters. The minimum Gasteiger partial charge on any atom is -0.302 e. The highest BCUT2D eigenvalue weighted by atomic mass is 32.2. The van der Waals surface area contributed by atoms with E-state index in [2.05, 4.69) is 4.18 Å². The van der Waals surface area contributed by atoms with Crippen LogP contribution in [-0.4, -0.2) is 45.8 Å². The lowest BCUT2D eigenvalue weighted by Crippen LogP contribution is -2.17. The van der Waals surface area contributed by atoms with E-state index in [9.17, 15) is 21.6 Å². The molecule has 0 aliphatic rings. The summed E-state index contributed by atoms with van der Waals surface area (Å²) < 4.78 is 53.6. The third kappa shape index (κ3) is 7.84. The topological polar surface area (TPSA) is 115 Å². The van der Waals surface area contributed by atoms with Crippen LogP contribution in [0.15, 0.2) is 0 Å². The van der Waals surface area contributed by atoms with E-state index in [1.54, 1.807) is 0 Å². The second-order valence-electron chi connectivity index (χ2n) is 2.00. The first-order valence-electron chi connectivity index (χ1n) is 3.03. The Morgan fingerprint density at radius 2 is 1.77 bits per heavy atom. The highest BCUT2D eigenvalue weighted by Crippen LogP contribution is 1.92. The number of carbonyl (C=O) groups excluding carboxylic acids is 1. The summed E-state index contributed by atoms with van der Waals surface area (Å²) in [5, 5.41) is 0. The van der Waals surface area contributed by atoms with Crippen molar-refractivity contribution in [3.05, 3.63) is 0 Å². The van der Waals surface area contributed by atoms with E-state index < -0.39 is 38.3 Å². The second kappa shape index (κ2) is 4.65. The van der Waals surface area contributed by atoms with Crippen LogP contribution in [-0.2, 0) is 29.2 Å². The SMILES string of the molecule is O=CCS(=O)(=O)OCCS(=O)(=O)O. The molecule has 13 heavy (non-hydrogen) atoms. The molecule has 0 aromatic carbocycles. The van der Waals surface area contributed by atoms with Gasteiger partial charge >= 0.3 is 0 Å². The Balaban J connectivity index is 3.98. The van der Waals surface area contributed by atoms with E-state index in [1.165, 1.54) is 0 Å². The van der Waals surface area contributed by atoms with Gasteiger partial charge in [-0.3, -0.25) is 8.74 Å². The maximum Gasteiger partial charge on any atom is 0.274 e. The van der Waals surface area contributed by atoms with Crippen LogP contribution in [0.3, 0.4) is 0 Å². The lowest BCUT2D eigenvalue weighted by Gasteiger charge is -1.99. The normalized spacial score (nSPS) is 12.7. The van der Waals surface area contributed by atoms with E-state index in [1.807, 2.05) is 0 Å². The third-order valence-corrected chi connectivity index (χ3v) is 2.63. The number of aldehydes is 1. The van der Waals surface area contributed by atoms with Gasteiger partial charge in [0, 0.05) is 0 Å². The number of hydrogen-bond acceptors (Lipinski definition) is 6. The molecule has 7 nitrogen and oxygen atoms in total. The van der Waals surface area contributed by atoms with Crippen LogP contribution in [0.4, 0.5) is 0 Å². The van der Waals surface area contributed by atoms with E-state index in [4.69, 9.17) is 4.55 Å².